The van der Waals surface area contributed by atoms with Crippen molar-refractivity contribution in [2.75, 3.05) is 19.0 Å². The Kier molecular flexibility index (Phi) is 3.05. The minimum absolute atomic E-state index is 0.0222. The molecule has 1 aromatic heterocycles. The van der Waals surface area contributed by atoms with Crippen LogP contribution in [-0.4, -0.2) is 61.8 Å². The lowest BCUT2D eigenvalue weighted by Crippen LogP contribution is -2.33. The van der Waals surface area contributed by atoms with Crippen molar-refractivity contribution in [1.82, 2.24) is 25.0 Å². The molecule has 2 amide bonds. The molecule has 0 spiro atoms. The molecule has 2 N–H and O–H groups in total. The summed E-state index contributed by atoms with van der Waals surface area (Å²) in [5.41, 5.74) is -0.397. The Morgan fingerprint density at radius 1 is 1.42 bits per heavy atom. The van der Waals surface area contributed by atoms with Gasteiger partial charge in [0.2, 0.25) is 11.8 Å². The highest BCUT2D eigenvalue weighted by Gasteiger charge is 2.39. The van der Waals surface area contributed by atoms with Crippen LogP contribution < -0.4 is 5.69 Å². The van der Waals surface area contributed by atoms with Crippen molar-refractivity contribution in [3.63, 3.8) is 0 Å². The molecule has 8 nitrogen and oxygen atoms in total. The molecule has 2 fully saturated rings. The Hall–Kier alpha value is -1.77. The van der Waals surface area contributed by atoms with Crippen molar-refractivity contribution in [3.8, 4) is 0 Å². The van der Waals surface area contributed by atoms with Crippen LogP contribution in [0.2, 0.25) is 0 Å². The maximum Gasteiger partial charge on any atom is 0.341 e. The van der Waals surface area contributed by atoms with E-state index in [2.05, 4.69) is 15.2 Å². The fourth-order valence-electron chi connectivity index (χ4n) is 1.98. The molecule has 0 atom stereocenters. The van der Waals surface area contributed by atoms with E-state index in [1.54, 1.807) is 9.80 Å². The van der Waals surface area contributed by atoms with Crippen LogP contribution in [-0.2, 0) is 9.59 Å². The van der Waals surface area contributed by atoms with Gasteiger partial charge in [0.1, 0.15) is 6.54 Å². The number of carbonyl (C=O) groups is 2. The first kappa shape index (κ1) is 12.3. The van der Waals surface area contributed by atoms with Crippen LogP contribution in [0.25, 0.3) is 0 Å². The van der Waals surface area contributed by atoms with E-state index in [1.165, 1.54) is 0 Å². The molecule has 1 saturated carbocycles. The molecule has 0 bridgehead atoms. The van der Waals surface area contributed by atoms with Crippen molar-refractivity contribution in [2.45, 2.75) is 24.0 Å². The summed E-state index contributed by atoms with van der Waals surface area (Å²) in [5, 5.41) is 6.31. The summed E-state index contributed by atoms with van der Waals surface area (Å²) in [5.74, 6) is 0.0615. The fraction of sp³-hybridized carbons (Fsp3) is 0.600. The minimum atomic E-state index is -0.397. The number of nitrogens with one attached hydrogen (secondary N) is 2. The normalized spacial score (nSPS) is 19.3. The Morgan fingerprint density at radius 2 is 2.21 bits per heavy atom. The predicted molar refractivity (Wildman–Crippen MR) is 66.4 cm³/mol. The van der Waals surface area contributed by atoms with Crippen LogP contribution in [0.15, 0.2) is 9.95 Å². The minimum Gasteiger partial charge on any atom is -0.320 e. The zero-order valence-corrected chi connectivity index (χ0v) is 10.9. The van der Waals surface area contributed by atoms with Crippen LogP contribution in [0.1, 0.15) is 12.8 Å². The average Bonchev–Trinajstić information content (AvgIpc) is 3.03. The summed E-state index contributed by atoms with van der Waals surface area (Å²) in [6, 6.07) is 0.334. The molecule has 9 heteroatoms. The Balaban J connectivity index is 1.53. The Bertz CT molecular complexity index is 564. The number of aromatic nitrogens is 3. The van der Waals surface area contributed by atoms with Crippen molar-refractivity contribution < 1.29 is 9.59 Å². The van der Waals surface area contributed by atoms with E-state index in [-0.39, 0.29) is 24.1 Å². The van der Waals surface area contributed by atoms with Gasteiger partial charge in [-0.05, 0) is 12.8 Å². The van der Waals surface area contributed by atoms with Gasteiger partial charge in [0, 0.05) is 6.04 Å². The van der Waals surface area contributed by atoms with Gasteiger partial charge in [0.25, 0.3) is 0 Å². The molecule has 1 aliphatic heterocycles. The van der Waals surface area contributed by atoms with Gasteiger partial charge >= 0.3 is 5.69 Å². The maximum atomic E-state index is 12.0. The molecular weight excluding hydrogens is 270 g/mol. The van der Waals surface area contributed by atoms with Crippen molar-refractivity contribution in [2.24, 2.45) is 0 Å². The fourth-order valence-corrected chi connectivity index (χ4v) is 2.70. The summed E-state index contributed by atoms with van der Waals surface area (Å²) in [4.78, 5) is 40.3. The molecular formula is C10H13N5O3S. The highest BCUT2D eigenvalue weighted by atomic mass is 32.2. The molecule has 0 aromatic carbocycles. The third kappa shape index (κ3) is 2.65. The predicted octanol–water partition coefficient (Wildman–Crippen LogP) is -1.02. The van der Waals surface area contributed by atoms with Crippen LogP contribution in [0.3, 0.4) is 0 Å². The van der Waals surface area contributed by atoms with E-state index in [9.17, 15) is 14.4 Å². The van der Waals surface area contributed by atoms with Crippen LogP contribution >= 0.6 is 11.8 Å². The third-order valence-corrected chi connectivity index (χ3v) is 3.98. The van der Waals surface area contributed by atoms with Crippen molar-refractivity contribution >= 4 is 23.6 Å². The number of hydrogen-bond donors (Lipinski definition) is 2. The van der Waals surface area contributed by atoms with E-state index >= 15 is 0 Å². The lowest BCUT2D eigenvalue weighted by molar-refractivity contribution is -0.129. The molecule has 1 aromatic rings. The highest BCUT2D eigenvalue weighted by Crippen LogP contribution is 2.29. The third-order valence-electron chi connectivity index (χ3n) is 3.12. The zero-order valence-electron chi connectivity index (χ0n) is 10.1. The van der Waals surface area contributed by atoms with Gasteiger partial charge in [-0.25, -0.2) is 9.89 Å². The van der Waals surface area contributed by atoms with Gasteiger partial charge in [-0.1, -0.05) is 11.8 Å². The lowest BCUT2D eigenvalue weighted by Gasteiger charge is -2.17. The molecule has 1 aliphatic carbocycles. The average molecular weight is 283 g/mol. The van der Waals surface area contributed by atoms with Gasteiger partial charge in [-0.2, -0.15) is 0 Å². The first-order chi connectivity index (χ1) is 9.13. The quantitative estimate of drug-likeness (QED) is 0.689. The second-order valence-electron chi connectivity index (χ2n) is 4.60. The van der Waals surface area contributed by atoms with E-state index < -0.39 is 5.69 Å². The van der Waals surface area contributed by atoms with Gasteiger partial charge in [0.15, 0.2) is 5.16 Å². The molecule has 102 valence electrons. The number of rotatable bonds is 4. The summed E-state index contributed by atoms with van der Waals surface area (Å²) >= 11 is 1.14. The molecule has 19 heavy (non-hydrogen) atoms. The van der Waals surface area contributed by atoms with Gasteiger partial charge in [-0.3, -0.25) is 14.6 Å². The number of thioether (sulfide) groups is 1. The standard InChI is InChI=1S/C10H13N5O3S/c16-7-3-14(5-15(7)6-1-2-6)8(17)4-19-10-11-9(18)12-13-10/h6H,1-5H2,(H2,11,12,13,18). The SMILES string of the molecule is O=C(CSc1n[nH]c(=O)[nH]1)N1CC(=O)N(C2CC2)C1. The molecule has 0 unspecified atom stereocenters. The number of hydrogen-bond acceptors (Lipinski definition) is 5. The molecule has 1 saturated heterocycles. The first-order valence-corrected chi connectivity index (χ1v) is 6.97. The van der Waals surface area contributed by atoms with E-state index in [0.29, 0.717) is 17.9 Å². The number of H-pyrrole nitrogens is 2. The van der Waals surface area contributed by atoms with Crippen LogP contribution in [0, 0.1) is 0 Å². The van der Waals surface area contributed by atoms with E-state index in [4.69, 9.17) is 0 Å². The Morgan fingerprint density at radius 3 is 2.84 bits per heavy atom. The Labute approximate surface area is 112 Å². The second kappa shape index (κ2) is 4.72. The van der Waals surface area contributed by atoms with Crippen LogP contribution in [0.5, 0.6) is 0 Å². The van der Waals surface area contributed by atoms with Gasteiger partial charge < -0.3 is 9.80 Å². The van der Waals surface area contributed by atoms with Gasteiger partial charge in [0.05, 0.1) is 12.4 Å². The zero-order chi connectivity index (χ0) is 13.4. The first-order valence-electron chi connectivity index (χ1n) is 5.98. The molecule has 3 rings (SSSR count). The largest absolute Gasteiger partial charge is 0.341 e. The molecule has 2 heterocycles. The monoisotopic (exact) mass is 283 g/mol. The van der Waals surface area contributed by atoms with Gasteiger partial charge in [-0.15, -0.1) is 5.10 Å². The van der Waals surface area contributed by atoms with Crippen LogP contribution in [0.4, 0.5) is 0 Å². The summed E-state index contributed by atoms with van der Waals surface area (Å²) in [6.07, 6.45) is 2.08. The summed E-state index contributed by atoms with van der Waals surface area (Å²) < 4.78 is 0. The van der Waals surface area contributed by atoms with Crippen molar-refractivity contribution in [3.05, 3.63) is 10.5 Å². The highest BCUT2D eigenvalue weighted by molar-refractivity contribution is 7.99. The summed E-state index contributed by atoms with van der Waals surface area (Å²) in [6.45, 7) is 0.549. The lowest BCUT2D eigenvalue weighted by atomic mass is 10.5. The number of nitrogens with zero attached hydrogens (tertiary/aromatic N) is 3. The second-order valence-corrected chi connectivity index (χ2v) is 5.56. The molecule has 0 radical (unpaired) electrons. The topological polar surface area (TPSA) is 102 Å². The van der Waals surface area contributed by atoms with Crippen molar-refractivity contribution in [1.29, 1.82) is 0 Å². The number of amides is 2. The maximum absolute atomic E-state index is 12.0. The van der Waals surface area contributed by atoms with E-state index in [1.807, 2.05) is 0 Å². The summed E-state index contributed by atoms with van der Waals surface area (Å²) in [7, 11) is 0. The number of aromatic amines is 2. The van der Waals surface area contributed by atoms with E-state index in [0.717, 1.165) is 24.6 Å². The molecule has 2 aliphatic rings. The number of carbonyl (C=O) groups excluding carboxylic acids is 2. The smallest absolute Gasteiger partial charge is 0.320 e.